The molecule has 2 amide bonds. The lowest BCUT2D eigenvalue weighted by atomic mass is 9.96. The molecule has 0 saturated heterocycles. The first-order valence-electron chi connectivity index (χ1n) is 9.87. The van der Waals surface area contributed by atoms with Crippen molar-refractivity contribution in [2.75, 3.05) is 10.2 Å². The number of nitrogens with one attached hydrogen (secondary N) is 1. The van der Waals surface area contributed by atoms with E-state index in [1.54, 1.807) is 51.1 Å². The van der Waals surface area contributed by atoms with Gasteiger partial charge in [0.2, 0.25) is 11.8 Å². The molecule has 32 heavy (non-hydrogen) atoms. The second-order valence-electron chi connectivity index (χ2n) is 7.67. The smallest absolute Gasteiger partial charge is 0.277 e. The van der Waals surface area contributed by atoms with E-state index in [0.717, 1.165) is 11.8 Å². The molecule has 0 fully saturated rings. The van der Waals surface area contributed by atoms with E-state index < -0.39 is 10.8 Å². The molecular formula is C22H21ClN4O4S. The SMILES string of the molecule is CC(Sc1nnc(COc2ccc(Cl)cc2)o1)C(=O)N1c2ccccc2NC(=O)C1(C)C. The van der Waals surface area contributed by atoms with Gasteiger partial charge in [-0.15, -0.1) is 10.2 Å². The number of rotatable bonds is 6. The average molecular weight is 473 g/mol. The average Bonchev–Trinajstić information content (AvgIpc) is 3.21. The molecule has 0 bridgehead atoms. The molecule has 2 heterocycles. The summed E-state index contributed by atoms with van der Waals surface area (Å²) < 4.78 is 11.2. The normalized spacial score (nSPS) is 15.6. The van der Waals surface area contributed by atoms with Gasteiger partial charge in [0.05, 0.1) is 16.6 Å². The Labute approximate surface area is 194 Å². The number of nitrogens with zero attached hydrogens (tertiary/aromatic N) is 3. The van der Waals surface area contributed by atoms with Crippen LogP contribution in [0.25, 0.3) is 0 Å². The van der Waals surface area contributed by atoms with Crippen LogP contribution in [0.3, 0.4) is 0 Å². The maximum atomic E-state index is 13.4. The molecule has 0 spiro atoms. The Morgan fingerprint density at radius 2 is 1.94 bits per heavy atom. The van der Waals surface area contributed by atoms with Gasteiger partial charge in [0, 0.05) is 5.02 Å². The zero-order valence-electron chi connectivity index (χ0n) is 17.7. The van der Waals surface area contributed by atoms with Crippen molar-refractivity contribution in [3.63, 3.8) is 0 Å². The van der Waals surface area contributed by atoms with Gasteiger partial charge in [-0.05, 0) is 57.2 Å². The molecule has 1 aliphatic heterocycles. The largest absolute Gasteiger partial charge is 0.484 e. The third-order valence-electron chi connectivity index (χ3n) is 4.98. The number of carbonyl (C=O) groups is 2. The van der Waals surface area contributed by atoms with Gasteiger partial charge in [0.25, 0.3) is 11.1 Å². The maximum Gasteiger partial charge on any atom is 0.277 e. The maximum absolute atomic E-state index is 13.4. The zero-order chi connectivity index (χ0) is 22.9. The molecule has 8 nitrogen and oxygen atoms in total. The summed E-state index contributed by atoms with van der Waals surface area (Å²) in [5.41, 5.74) is 0.200. The Kier molecular flexibility index (Phi) is 6.12. The third-order valence-corrected chi connectivity index (χ3v) is 6.15. The number of hydrogen-bond donors (Lipinski definition) is 1. The summed E-state index contributed by atoms with van der Waals surface area (Å²) in [6, 6.07) is 14.1. The number of hydrogen-bond acceptors (Lipinski definition) is 7. The molecule has 0 aliphatic carbocycles. The summed E-state index contributed by atoms with van der Waals surface area (Å²) in [5, 5.41) is 11.1. The summed E-state index contributed by atoms with van der Waals surface area (Å²) in [6.45, 7) is 5.26. The third kappa shape index (κ3) is 4.44. The first-order chi connectivity index (χ1) is 15.3. The molecule has 4 rings (SSSR count). The summed E-state index contributed by atoms with van der Waals surface area (Å²) in [5.74, 6) is 0.417. The Bertz CT molecular complexity index is 1150. The van der Waals surface area contributed by atoms with E-state index in [2.05, 4.69) is 15.5 Å². The van der Waals surface area contributed by atoms with E-state index in [9.17, 15) is 9.59 Å². The van der Waals surface area contributed by atoms with Crippen LogP contribution in [0.5, 0.6) is 5.75 Å². The van der Waals surface area contributed by atoms with Crippen LogP contribution in [0.4, 0.5) is 11.4 Å². The fraction of sp³-hybridized carbons (Fsp3) is 0.273. The van der Waals surface area contributed by atoms with E-state index in [1.165, 1.54) is 4.90 Å². The Hall–Kier alpha value is -3.04. The molecule has 1 unspecified atom stereocenters. The lowest BCUT2D eigenvalue weighted by Crippen LogP contribution is -2.60. The minimum atomic E-state index is -1.05. The summed E-state index contributed by atoms with van der Waals surface area (Å²) in [7, 11) is 0. The van der Waals surface area contributed by atoms with Crippen LogP contribution in [0, 0.1) is 0 Å². The monoisotopic (exact) mass is 472 g/mol. The van der Waals surface area contributed by atoms with E-state index in [0.29, 0.717) is 22.1 Å². The minimum absolute atomic E-state index is 0.0875. The van der Waals surface area contributed by atoms with E-state index >= 15 is 0 Å². The van der Waals surface area contributed by atoms with Crippen LogP contribution in [-0.2, 0) is 16.2 Å². The predicted molar refractivity (Wildman–Crippen MR) is 122 cm³/mol. The molecule has 2 aromatic carbocycles. The van der Waals surface area contributed by atoms with Gasteiger partial charge in [-0.2, -0.15) is 0 Å². The Morgan fingerprint density at radius 3 is 2.69 bits per heavy atom. The van der Waals surface area contributed by atoms with E-state index in [-0.39, 0.29) is 29.5 Å². The summed E-state index contributed by atoms with van der Waals surface area (Å²) in [6.07, 6.45) is 0. The van der Waals surface area contributed by atoms with Crippen molar-refractivity contribution in [1.29, 1.82) is 0 Å². The van der Waals surface area contributed by atoms with Crippen molar-refractivity contribution in [2.45, 2.75) is 43.4 Å². The van der Waals surface area contributed by atoms with Gasteiger partial charge in [-0.1, -0.05) is 35.5 Å². The molecule has 1 aliphatic rings. The molecule has 10 heteroatoms. The molecule has 0 radical (unpaired) electrons. The Morgan fingerprint density at radius 1 is 1.22 bits per heavy atom. The van der Waals surface area contributed by atoms with E-state index in [4.69, 9.17) is 20.8 Å². The van der Waals surface area contributed by atoms with Crippen molar-refractivity contribution in [3.8, 4) is 5.75 Å². The molecule has 0 saturated carbocycles. The van der Waals surface area contributed by atoms with Crippen LogP contribution < -0.4 is 15.0 Å². The van der Waals surface area contributed by atoms with Crippen molar-refractivity contribution >= 4 is 46.6 Å². The van der Waals surface area contributed by atoms with Gasteiger partial charge in [0.15, 0.2) is 6.61 Å². The van der Waals surface area contributed by atoms with Crippen molar-refractivity contribution in [1.82, 2.24) is 10.2 Å². The van der Waals surface area contributed by atoms with Crippen LogP contribution in [-0.4, -0.2) is 32.8 Å². The molecule has 1 atom stereocenters. The number of benzene rings is 2. The van der Waals surface area contributed by atoms with Gasteiger partial charge in [0.1, 0.15) is 11.3 Å². The predicted octanol–water partition coefficient (Wildman–Crippen LogP) is 4.55. The highest BCUT2D eigenvalue weighted by molar-refractivity contribution is 8.00. The zero-order valence-corrected chi connectivity index (χ0v) is 19.2. The quantitative estimate of drug-likeness (QED) is 0.525. The Balaban J connectivity index is 1.45. The minimum Gasteiger partial charge on any atom is -0.484 e. The van der Waals surface area contributed by atoms with Crippen LogP contribution in [0.1, 0.15) is 26.7 Å². The number of anilines is 2. The topological polar surface area (TPSA) is 97.6 Å². The van der Waals surface area contributed by atoms with Crippen LogP contribution in [0.2, 0.25) is 5.02 Å². The summed E-state index contributed by atoms with van der Waals surface area (Å²) in [4.78, 5) is 27.5. The van der Waals surface area contributed by atoms with E-state index in [1.807, 2.05) is 18.2 Å². The number of fused-ring (bicyclic) bond motifs is 1. The molecule has 166 valence electrons. The molecular weight excluding hydrogens is 452 g/mol. The lowest BCUT2D eigenvalue weighted by Gasteiger charge is -2.42. The lowest BCUT2D eigenvalue weighted by molar-refractivity contribution is -0.126. The first-order valence-corrected chi connectivity index (χ1v) is 11.1. The number of halogens is 1. The number of amides is 2. The van der Waals surface area contributed by atoms with Gasteiger partial charge < -0.3 is 14.5 Å². The molecule has 3 aromatic rings. The van der Waals surface area contributed by atoms with Crippen LogP contribution in [0.15, 0.2) is 58.2 Å². The number of ether oxygens (including phenoxy) is 1. The van der Waals surface area contributed by atoms with Gasteiger partial charge >= 0.3 is 0 Å². The fourth-order valence-corrected chi connectivity index (χ4v) is 4.12. The second kappa shape index (κ2) is 8.84. The highest BCUT2D eigenvalue weighted by Crippen LogP contribution is 2.38. The van der Waals surface area contributed by atoms with Crippen molar-refractivity contribution < 1.29 is 18.7 Å². The highest BCUT2D eigenvalue weighted by Gasteiger charge is 2.45. The number of carbonyl (C=O) groups excluding carboxylic acids is 2. The molecule has 1 aromatic heterocycles. The molecule has 1 N–H and O–H groups in total. The number of thioether (sulfide) groups is 1. The number of para-hydroxylation sites is 2. The summed E-state index contributed by atoms with van der Waals surface area (Å²) >= 11 is 6.99. The number of aromatic nitrogens is 2. The second-order valence-corrected chi connectivity index (χ2v) is 9.40. The fourth-order valence-electron chi connectivity index (χ4n) is 3.25. The highest BCUT2D eigenvalue weighted by atomic mass is 35.5. The first kappa shape index (κ1) is 22.2. The van der Waals surface area contributed by atoms with Gasteiger partial charge in [-0.3, -0.25) is 14.5 Å². The van der Waals surface area contributed by atoms with Crippen molar-refractivity contribution in [2.24, 2.45) is 0 Å². The van der Waals surface area contributed by atoms with Crippen LogP contribution >= 0.6 is 23.4 Å². The van der Waals surface area contributed by atoms with Crippen molar-refractivity contribution in [3.05, 3.63) is 59.4 Å². The van der Waals surface area contributed by atoms with Gasteiger partial charge in [-0.25, -0.2) is 0 Å². The standard InChI is InChI=1S/C22H21ClN4O4S/c1-13(19(28)27-17-7-5-4-6-16(17)24-20(29)22(27,2)3)32-21-26-25-18(31-21)12-30-15-10-8-14(23)9-11-15/h4-11,13H,12H2,1-3H3,(H,24,29).